The summed E-state index contributed by atoms with van der Waals surface area (Å²) in [6.45, 7) is 0.449. The molecule has 4 heterocycles. The van der Waals surface area contributed by atoms with Gasteiger partial charge in [-0.25, -0.2) is 13.8 Å². The summed E-state index contributed by atoms with van der Waals surface area (Å²) in [7, 11) is 0. The largest absolute Gasteiger partial charge is 0.354 e. The van der Waals surface area contributed by atoms with Gasteiger partial charge in [0.2, 0.25) is 12.3 Å². The van der Waals surface area contributed by atoms with Crippen LogP contribution in [0.4, 0.5) is 8.78 Å². The summed E-state index contributed by atoms with van der Waals surface area (Å²) in [5.41, 5.74) is 2.15. The van der Waals surface area contributed by atoms with Gasteiger partial charge in [0.05, 0.1) is 14.8 Å². The number of imidazole rings is 1. The van der Waals surface area contributed by atoms with Gasteiger partial charge in [-0.3, -0.25) is 0 Å². The van der Waals surface area contributed by atoms with E-state index in [2.05, 4.69) is 15.1 Å². The molecule has 5 nitrogen and oxygen atoms in total. The molecule has 0 aliphatic carbocycles. The number of aromatic amines is 1. The Bertz CT molecular complexity index is 1340. The Labute approximate surface area is 172 Å². The van der Waals surface area contributed by atoms with Crippen LogP contribution in [0.3, 0.4) is 0 Å². The van der Waals surface area contributed by atoms with E-state index >= 15 is 0 Å². The molecule has 4 aromatic heterocycles. The second-order valence-corrected chi connectivity index (χ2v) is 8.10. The van der Waals surface area contributed by atoms with Gasteiger partial charge in [0.25, 0.3) is 0 Å². The number of nitrogens with one attached hydrogen (secondary N) is 1. The summed E-state index contributed by atoms with van der Waals surface area (Å²) in [4.78, 5) is 8.33. The number of benzene rings is 1. The molecule has 5 aromatic rings. The molecule has 0 bridgehead atoms. The van der Waals surface area contributed by atoms with E-state index in [1.807, 2.05) is 35.2 Å². The van der Waals surface area contributed by atoms with Crippen molar-refractivity contribution in [3.8, 4) is 22.0 Å². The van der Waals surface area contributed by atoms with E-state index in [0.717, 1.165) is 16.6 Å². The van der Waals surface area contributed by atoms with Gasteiger partial charge in [0, 0.05) is 12.1 Å². The molecule has 5 rings (SSSR count). The molecule has 0 saturated heterocycles. The number of halogens is 3. The van der Waals surface area contributed by atoms with Crippen molar-refractivity contribution in [1.82, 2.24) is 15.1 Å². The Kier molecular flexibility index (Phi) is 4.37. The van der Waals surface area contributed by atoms with E-state index < -0.39 is 11.6 Å². The fourth-order valence-electron chi connectivity index (χ4n) is 3.05. The Morgan fingerprint density at radius 3 is 2.90 bits per heavy atom. The number of pyridine rings is 1. The zero-order chi connectivity index (χ0) is 20.0. The molecule has 0 spiro atoms. The molecule has 0 radical (unpaired) electrons. The average molecular weight is 430 g/mol. The van der Waals surface area contributed by atoms with Crippen LogP contribution in [0, 0.1) is 11.6 Å². The molecule has 1 aromatic carbocycles. The first-order chi connectivity index (χ1) is 14.1. The van der Waals surface area contributed by atoms with E-state index in [9.17, 15) is 8.78 Å². The highest BCUT2D eigenvalue weighted by Crippen LogP contribution is 2.30. The van der Waals surface area contributed by atoms with Crippen LogP contribution in [-0.2, 0) is 6.54 Å². The summed E-state index contributed by atoms with van der Waals surface area (Å²) < 4.78 is 35.6. The quantitative estimate of drug-likeness (QED) is 0.399. The van der Waals surface area contributed by atoms with Gasteiger partial charge >= 0.3 is 0 Å². The Hall–Kier alpha value is -3.10. The van der Waals surface area contributed by atoms with Gasteiger partial charge in [-0.2, -0.15) is 4.57 Å². The maximum absolute atomic E-state index is 14.1. The Morgan fingerprint density at radius 2 is 2.07 bits per heavy atom. The fourth-order valence-corrected chi connectivity index (χ4v) is 4.04. The first-order valence-electron chi connectivity index (χ1n) is 8.61. The summed E-state index contributed by atoms with van der Waals surface area (Å²) >= 11 is 7.40. The third-order valence-electron chi connectivity index (χ3n) is 4.41. The third-order valence-corrected chi connectivity index (χ3v) is 5.66. The SMILES string of the molecule is Fc1cccc(-c2nc3cc[n+](Cc4cc(-c5ccc(Cl)s5)no4)cc3[nH]2)c1F. The van der Waals surface area contributed by atoms with E-state index in [1.165, 1.54) is 23.5 Å². The summed E-state index contributed by atoms with van der Waals surface area (Å²) in [5.74, 6) is -0.899. The maximum atomic E-state index is 14.1. The molecule has 0 saturated carbocycles. The Morgan fingerprint density at radius 1 is 1.17 bits per heavy atom. The first-order valence-corrected chi connectivity index (χ1v) is 9.81. The Balaban J connectivity index is 1.43. The van der Waals surface area contributed by atoms with Crippen molar-refractivity contribution in [2.45, 2.75) is 6.54 Å². The van der Waals surface area contributed by atoms with E-state index in [4.69, 9.17) is 16.1 Å². The van der Waals surface area contributed by atoms with Crippen molar-refractivity contribution >= 4 is 34.0 Å². The highest BCUT2D eigenvalue weighted by molar-refractivity contribution is 7.19. The standard InChI is InChI=1S/C20H11ClF2N4OS/c21-18-5-4-17(29-18)15-8-11(28-26-15)9-27-7-6-14-16(10-27)25-20(24-14)12-2-1-3-13(22)19(12)23/h1-8,10H,9H2/p+1. The summed E-state index contributed by atoms with van der Waals surface area (Å²) in [5, 5.41) is 4.09. The molecule has 0 fully saturated rings. The molecular weight excluding hydrogens is 418 g/mol. The van der Waals surface area contributed by atoms with Crippen LogP contribution in [0.15, 0.2) is 59.4 Å². The van der Waals surface area contributed by atoms with Crippen molar-refractivity contribution < 1.29 is 17.9 Å². The van der Waals surface area contributed by atoms with E-state index in [-0.39, 0.29) is 11.4 Å². The normalized spacial score (nSPS) is 11.4. The minimum atomic E-state index is -0.928. The van der Waals surface area contributed by atoms with Crippen molar-refractivity contribution in [3.63, 3.8) is 0 Å². The molecule has 29 heavy (non-hydrogen) atoms. The number of hydrogen-bond donors (Lipinski definition) is 1. The number of fused-ring (bicyclic) bond motifs is 1. The van der Waals surface area contributed by atoms with Crippen LogP contribution < -0.4 is 4.57 Å². The zero-order valence-corrected chi connectivity index (χ0v) is 16.3. The lowest BCUT2D eigenvalue weighted by molar-refractivity contribution is -0.688. The number of rotatable bonds is 4. The van der Waals surface area contributed by atoms with Gasteiger partial charge in [0.1, 0.15) is 22.6 Å². The average Bonchev–Trinajstić information content (AvgIpc) is 3.43. The number of H-pyrrole nitrogens is 1. The van der Waals surface area contributed by atoms with Crippen LogP contribution in [0.5, 0.6) is 0 Å². The molecular formula is C20H12ClF2N4OS+. The molecule has 0 aliphatic heterocycles. The van der Waals surface area contributed by atoms with Gasteiger partial charge in [-0.15, -0.1) is 11.3 Å². The highest BCUT2D eigenvalue weighted by atomic mass is 35.5. The second-order valence-electron chi connectivity index (χ2n) is 6.39. The molecule has 0 amide bonds. The van der Waals surface area contributed by atoms with Crippen LogP contribution >= 0.6 is 22.9 Å². The van der Waals surface area contributed by atoms with Crippen LogP contribution in [0.25, 0.3) is 33.0 Å². The van der Waals surface area contributed by atoms with Gasteiger partial charge in [-0.1, -0.05) is 22.8 Å². The smallest absolute Gasteiger partial charge is 0.208 e. The number of hydrogen-bond acceptors (Lipinski definition) is 4. The van der Waals surface area contributed by atoms with Crippen molar-refractivity contribution in [2.24, 2.45) is 0 Å². The fraction of sp³-hybridized carbons (Fsp3) is 0.0500. The zero-order valence-electron chi connectivity index (χ0n) is 14.7. The van der Waals surface area contributed by atoms with Crippen LogP contribution in [0.2, 0.25) is 4.34 Å². The third kappa shape index (κ3) is 3.41. The summed E-state index contributed by atoms with van der Waals surface area (Å²) in [6, 6.07) is 11.4. The lowest BCUT2D eigenvalue weighted by Gasteiger charge is -1.99. The maximum Gasteiger partial charge on any atom is 0.208 e. The van der Waals surface area contributed by atoms with Crippen LogP contribution in [-0.4, -0.2) is 15.1 Å². The lowest BCUT2D eigenvalue weighted by atomic mass is 10.2. The first kappa shape index (κ1) is 18.0. The molecule has 9 heteroatoms. The predicted molar refractivity (Wildman–Crippen MR) is 106 cm³/mol. The number of thiophene rings is 1. The molecule has 1 N–H and O–H groups in total. The van der Waals surface area contributed by atoms with Gasteiger partial charge in [-0.05, 0) is 24.3 Å². The van der Waals surface area contributed by atoms with Crippen molar-refractivity contribution in [3.05, 3.63) is 76.6 Å². The summed E-state index contributed by atoms with van der Waals surface area (Å²) in [6.07, 6.45) is 3.66. The molecule has 0 unspecified atom stereocenters. The monoisotopic (exact) mass is 429 g/mol. The minimum absolute atomic E-state index is 0.0854. The molecule has 0 aliphatic rings. The predicted octanol–water partition coefficient (Wildman–Crippen LogP) is 5.21. The van der Waals surface area contributed by atoms with Crippen molar-refractivity contribution in [1.29, 1.82) is 0 Å². The van der Waals surface area contributed by atoms with Gasteiger partial charge < -0.3 is 9.51 Å². The van der Waals surface area contributed by atoms with Crippen molar-refractivity contribution in [2.75, 3.05) is 0 Å². The molecule has 144 valence electrons. The minimum Gasteiger partial charge on any atom is -0.354 e. The number of nitrogens with zero attached hydrogens (tertiary/aromatic N) is 3. The highest BCUT2D eigenvalue weighted by Gasteiger charge is 2.17. The topological polar surface area (TPSA) is 58.6 Å². The number of aromatic nitrogens is 4. The van der Waals surface area contributed by atoms with E-state index in [0.29, 0.717) is 27.7 Å². The van der Waals surface area contributed by atoms with Gasteiger partial charge in [0.15, 0.2) is 24.0 Å². The second kappa shape index (κ2) is 7.06. The van der Waals surface area contributed by atoms with Crippen LogP contribution in [0.1, 0.15) is 5.76 Å². The molecule has 0 atom stereocenters. The van der Waals surface area contributed by atoms with E-state index in [1.54, 1.807) is 6.07 Å². The lowest BCUT2D eigenvalue weighted by Crippen LogP contribution is -2.32.